The van der Waals surface area contributed by atoms with Crippen LogP contribution in [-0.2, 0) is 10.2 Å². The van der Waals surface area contributed by atoms with Crippen LogP contribution in [0.3, 0.4) is 0 Å². The van der Waals surface area contributed by atoms with Crippen molar-refractivity contribution in [3.63, 3.8) is 0 Å². The van der Waals surface area contributed by atoms with E-state index in [1.54, 1.807) is 23.9 Å². The van der Waals surface area contributed by atoms with Crippen molar-refractivity contribution in [2.24, 2.45) is 0 Å². The summed E-state index contributed by atoms with van der Waals surface area (Å²) in [6.07, 6.45) is 0.624. The third kappa shape index (κ3) is 3.33. The Kier molecular flexibility index (Phi) is 5.06. The first-order chi connectivity index (χ1) is 9.43. The lowest BCUT2D eigenvalue weighted by molar-refractivity contribution is 0.387. The van der Waals surface area contributed by atoms with Crippen molar-refractivity contribution >= 4 is 22.0 Å². The number of hydrogen-bond acceptors (Lipinski definition) is 3. The zero-order valence-electron chi connectivity index (χ0n) is 11.6. The average Bonchev–Trinajstić information content (AvgIpc) is 2.65. The van der Waals surface area contributed by atoms with E-state index in [-0.39, 0.29) is 11.1 Å². The minimum Gasteiger partial charge on any atom is -0.207 e. The highest BCUT2D eigenvalue weighted by Gasteiger charge is 2.29. The van der Waals surface area contributed by atoms with Crippen molar-refractivity contribution in [1.29, 1.82) is 0 Å². The quantitative estimate of drug-likeness (QED) is 0.857. The zero-order valence-corrected chi connectivity index (χ0v) is 13.3. The van der Waals surface area contributed by atoms with E-state index in [0.29, 0.717) is 30.8 Å². The first-order valence-corrected chi connectivity index (χ1v) is 8.91. The van der Waals surface area contributed by atoms with E-state index in [1.807, 2.05) is 6.07 Å². The Bertz CT molecular complexity index is 563. The molecule has 4 nitrogen and oxygen atoms in total. The van der Waals surface area contributed by atoms with Crippen LogP contribution in [0.1, 0.15) is 17.2 Å². The lowest BCUT2D eigenvalue weighted by Crippen LogP contribution is -2.41. The summed E-state index contributed by atoms with van der Waals surface area (Å²) < 4.78 is 40.7. The Hall–Kier alpha value is -0.630. The number of benzene rings is 1. The third-order valence-electron chi connectivity index (χ3n) is 3.34. The molecular formula is C13H19FN2O2S2. The van der Waals surface area contributed by atoms with Crippen LogP contribution in [0.25, 0.3) is 0 Å². The molecule has 1 aromatic carbocycles. The van der Waals surface area contributed by atoms with Crippen molar-refractivity contribution < 1.29 is 12.8 Å². The van der Waals surface area contributed by atoms with Crippen LogP contribution in [0.15, 0.2) is 24.3 Å². The Labute approximate surface area is 124 Å². The summed E-state index contributed by atoms with van der Waals surface area (Å²) in [4.78, 5) is 0. The van der Waals surface area contributed by atoms with Gasteiger partial charge in [-0.1, -0.05) is 18.2 Å². The van der Waals surface area contributed by atoms with E-state index < -0.39 is 10.2 Å². The molecule has 1 unspecified atom stereocenters. The Balaban J connectivity index is 2.12. The number of rotatable bonds is 3. The van der Waals surface area contributed by atoms with Gasteiger partial charge in [0.25, 0.3) is 10.2 Å². The summed E-state index contributed by atoms with van der Waals surface area (Å²) in [5.74, 6) is 0.459. The fraction of sp³-hybridized carbons (Fsp3) is 0.538. The van der Waals surface area contributed by atoms with Crippen LogP contribution in [0, 0.1) is 5.82 Å². The summed E-state index contributed by atoms with van der Waals surface area (Å²) in [7, 11) is -0.320. The highest BCUT2D eigenvalue weighted by molar-refractivity contribution is 7.99. The van der Waals surface area contributed by atoms with Crippen molar-refractivity contribution in [3.8, 4) is 0 Å². The minimum absolute atomic E-state index is 0.0126. The van der Waals surface area contributed by atoms with E-state index in [2.05, 4.69) is 0 Å². The van der Waals surface area contributed by atoms with Crippen molar-refractivity contribution in [3.05, 3.63) is 35.6 Å². The zero-order chi connectivity index (χ0) is 14.8. The van der Waals surface area contributed by atoms with Gasteiger partial charge in [-0.25, -0.2) is 4.39 Å². The SMILES string of the molecule is CN(C)S(=O)(=O)N1CCSC(c2ccccc2F)CC1. The summed E-state index contributed by atoms with van der Waals surface area (Å²) in [5, 5.41) is 0.0126. The smallest absolute Gasteiger partial charge is 0.207 e. The molecule has 2 rings (SSSR count). The molecule has 0 amide bonds. The third-order valence-corrected chi connectivity index (χ3v) is 6.59. The monoisotopic (exact) mass is 318 g/mol. The maximum atomic E-state index is 13.8. The molecule has 0 saturated carbocycles. The van der Waals surface area contributed by atoms with Crippen LogP contribution in [-0.4, -0.2) is 50.0 Å². The summed E-state index contributed by atoms with van der Waals surface area (Å²) >= 11 is 1.62. The van der Waals surface area contributed by atoms with E-state index in [4.69, 9.17) is 0 Å². The van der Waals surface area contributed by atoms with Gasteiger partial charge in [0.15, 0.2) is 0 Å². The number of halogens is 1. The molecule has 1 aliphatic heterocycles. The van der Waals surface area contributed by atoms with Crippen LogP contribution in [0.2, 0.25) is 0 Å². The van der Waals surface area contributed by atoms with Gasteiger partial charge in [-0.15, -0.1) is 0 Å². The van der Waals surface area contributed by atoms with Gasteiger partial charge in [-0.05, 0) is 12.5 Å². The molecule has 1 atom stereocenters. The van der Waals surface area contributed by atoms with Gasteiger partial charge in [0.1, 0.15) is 5.82 Å². The molecule has 1 fully saturated rings. The summed E-state index contributed by atoms with van der Waals surface area (Å²) in [5.41, 5.74) is 0.668. The number of nitrogens with zero attached hydrogens (tertiary/aromatic N) is 2. The summed E-state index contributed by atoms with van der Waals surface area (Å²) in [6.45, 7) is 0.892. The fourth-order valence-corrected chi connectivity index (χ4v) is 4.69. The number of thioether (sulfide) groups is 1. The molecule has 0 aromatic heterocycles. The molecule has 0 bridgehead atoms. The lowest BCUT2D eigenvalue weighted by Gasteiger charge is -2.23. The van der Waals surface area contributed by atoms with E-state index >= 15 is 0 Å². The minimum atomic E-state index is -3.38. The predicted molar refractivity (Wildman–Crippen MR) is 80.4 cm³/mol. The molecular weight excluding hydrogens is 299 g/mol. The topological polar surface area (TPSA) is 40.6 Å². The highest BCUT2D eigenvalue weighted by atomic mass is 32.2. The molecule has 112 valence electrons. The van der Waals surface area contributed by atoms with E-state index in [1.165, 1.54) is 28.8 Å². The molecule has 1 heterocycles. The normalized spacial score (nSPS) is 21.9. The maximum Gasteiger partial charge on any atom is 0.281 e. The van der Waals surface area contributed by atoms with Gasteiger partial charge in [0, 0.05) is 43.8 Å². The van der Waals surface area contributed by atoms with Crippen molar-refractivity contribution in [2.45, 2.75) is 11.7 Å². The summed E-state index contributed by atoms with van der Waals surface area (Å²) in [6, 6.07) is 6.72. The van der Waals surface area contributed by atoms with E-state index in [9.17, 15) is 12.8 Å². The van der Waals surface area contributed by atoms with Crippen molar-refractivity contribution in [2.75, 3.05) is 32.9 Å². The van der Waals surface area contributed by atoms with Crippen LogP contribution >= 0.6 is 11.8 Å². The number of hydrogen-bond donors (Lipinski definition) is 0. The van der Waals surface area contributed by atoms with Gasteiger partial charge in [0.2, 0.25) is 0 Å². The lowest BCUT2D eigenvalue weighted by atomic mass is 10.1. The first kappa shape index (κ1) is 15.8. The van der Waals surface area contributed by atoms with Crippen LogP contribution in [0.4, 0.5) is 4.39 Å². The fourth-order valence-electron chi connectivity index (χ4n) is 2.20. The van der Waals surface area contributed by atoms with Gasteiger partial charge in [-0.2, -0.15) is 28.8 Å². The standard InChI is InChI=1S/C13H19FN2O2S2/c1-15(2)20(17,18)16-8-7-13(19-10-9-16)11-5-3-4-6-12(11)14/h3-6,13H,7-10H2,1-2H3. The Morgan fingerprint density at radius 2 is 2.00 bits per heavy atom. The molecule has 0 radical (unpaired) electrons. The molecule has 1 aliphatic rings. The molecule has 0 N–H and O–H groups in total. The van der Waals surface area contributed by atoms with Gasteiger partial charge in [-0.3, -0.25) is 0 Å². The molecule has 20 heavy (non-hydrogen) atoms. The second-order valence-corrected chi connectivity index (χ2v) is 8.31. The molecule has 1 saturated heterocycles. The Morgan fingerprint density at radius 1 is 1.30 bits per heavy atom. The largest absolute Gasteiger partial charge is 0.281 e. The van der Waals surface area contributed by atoms with Gasteiger partial charge < -0.3 is 0 Å². The first-order valence-electron chi connectivity index (χ1n) is 6.46. The van der Waals surface area contributed by atoms with Gasteiger partial charge in [0.05, 0.1) is 0 Å². The van der Waals surface area contributed by atoms with Crippen LogP contribution in [0.5, 0.6) is 0 Å². The molecule has 0 spiro atoms. The maximum absolute atomic E-state index is 13.8. The van der Waals surface area contributed by atoms with Crippen molar-refractivity contribution in [1.82, 2.24) is 8.61 Å². The predicted octanol–water partition coefficient (Wildman–Crippen LogP) is 2.11. The van der Waals surface area contributed by atoms with E-state index in [0.717, 1.165) is 0 Å². The van der Waals surface area contributed by atoms with Gasteiger partial charge >= 0.3 is 0 Å². The molecule has 1 aromatic rings. The Morgan fingerprint density at radius 3 is 2.65 bits per heavy atom. The second-order valence-electron chi connectivity index (χ2n) is 4.86. The molecule has 7 heteroatoms. The molecule has 0 aliphatic carbocycles. The average molecular weight is 318 g/mol. The van der Waals surface area contributed by atoms with Crippen LogP contribution < -0.4 is 0 Å². The highest BCUT2D eigenvalue weighted by Crippen LogP contribution is 2.36. The second kappa shape index (κ2) is 6.43.